The number of Topliss-reactive ketones (excluding diaryl/α,β-unsaturated/α-hetero) is 5. The fraction of sp³-hybridized carbons (Fsp3) is 0.188. The van der Waals surface area contributed by atoms with Gasteiger partial charge in [0, 0.05) is 86.1 Å². The van der Waals surface area contributed by atoms with E-state index in [0.717, 1.165) is 158 Å². The number of nitriles is 1. The van der Waals surface area contributed by atoms with Crippen LogP contribution in [0.5, 0.6) is 0 Å². The number of rotatable bonds is 0. The molecule has 17 heteroatoms. The maximum absolute atomic E-state index is 11.7. The highest BCUT2D eigenvalue weighted by Gasteiger charge is 2.22. The number of hydrogen-bond donors (Lipinski definition) is 0. The molecule has 0 spiro atoms. The number of hydrogen-bond acceptors (Lipinski definition) is 15. The lowest BCUT2D eigenvalue weighted by Crippen LogP contribution is -2.12. The standard InChI is InChI=1S/C18H12N2O.C17H12BrNO.C17H12ClNO.C14H10N2O2.C14H10N2OS/c19-12-14-4-1-3-13(11-14)7-8-15-9-10-16-17(20-15)5-2-6-18(16)21;2*18-13-4-1-3-12(11-13)7-8-14-9-10-15-16(19-14)5-2-6-17(15)20;2*17-14-3-1-2-13-12(14)7-5-10(16-13)4-6-11-8-15-9-18-11/h1,3-4,9-11H,2,5-6H2;2*1,3-4,9-11H,2,5-6H2;2*5,7-9H,1-3H2. The van der Waals surface area contributed by atoms with E-state index in [-0.39, 0.29) is 28.9 Å². The molecule has 7 aromatic heterocycles. The van der Waals surface area contributed by atoms with Crippen LogP contribution in [0.3, 0.4) is 0 Å². The summed E-state index contributed by atoms with van der Waals surface area (Å²) in [5, 5.41) is 9.53. The smallest absolute Gasteiger partial charge is 0.197 e. The van der Waals surface area contributed by atoms with Crippen molar-refractivity contribution in [2.75, 3.05) is 0 Å². The average Bonchev–Trinajstić information content (AvgIpc) is 1.96. The largest absolute Gasteiger partial charge is 0.435 e. The van der Waals surface area contributed by atoms with Crippen LogP contribution in [-0.4, -0.2) is 63.8 Å². The van der Waals surface area contributed by atoms with E-state index in [2.05, 4.69) is 116 Å². The molecule has 5 aliphatic carbocycles. The summed E-state index contributed by atoms with van der Waals surface area (Å²) in [6, 6.07) is 42.7. The number of aryl methyl sites for hydroxylation is 5. The first-order valence-electron chi connectivity index (χ1n) is 31.4. The van der Waals surface area contributed by atoms with Crippen molar-refractivity contribution in [1.29, 1.82) is 5.26 Å². The lowest BCUT2D eigenvalue weighted by Gasteiger charge is -2.12. The fourth-order valence-corrected chi connectivity index (χ4v) is 11.9. The van der Waals surface area contributed by atoms with Crippen LogP contribution < -0.4 is 0 Å². The van der Waals surface area contributed by atoms with Crippen molar-refractivity contribution in [3.05, 3.63) is 285 Å². The molecule has 472 valence electrons. The Balaban J connectivity index is 0.000000123. The van der Waals surface area contributed by atoms with Crippen molar-refractivity contribution in [2.24, 2.45) is 0 Å². The second-order valence-electron chi connectivity index (χ2n) is 22.5. The number of oxazole rings is 1. The van der Waals surface area contributed by atoms with E-state index < -0.39 is 0 Å². The zero-order valence-electron chi connectivity index (χ0n) is 52.3. The van der Waals surface area contributed by atoms with Crippen LogP contribution >= 0.6 is 38.9 Å². The number of pyridine rings is 5. The lowest BCUT2D eigenvalue weighted by atomic mass is 9.94. The van der Waals surface area contributed by atoms with Gasteiger partial charge in [-0.1, -0.05) is 63.5 Å². The molecule has 0 N–H and O–H groups in total. The molecular formula is C80H56BrClN8O6S. The van der Waals surface area contributed by atoms with Crippen LogP contribution in [0.2, 0.25) is 5.02 Å². The van der Waals surface area contributed by atoms with Crippen molar-refractivity contribution < 1.29 is 28.4 Å². The Kier molecular flexibility index (Phi) is 22.9. The Bertz CT molecular complexity index is 4830. The van der Waals surface area contributed by atoms with Crippen molar-refractivity contribution >= 4 is 67.8 Å². The quantitative estimate of drug-likeness (QED) is 0.129. The predicted octanol–water partition coefficient (Wildman–Crippen LogP) is 14.7. The number of carbonyl (C=O) groups is 5. The minimum absolute atomic E-state index is 0.171. The molecule has 0 atom stereocenters. The van der Waals surface area contributed by atoms with Gasteiger partial charge in [-0.2, -0.15) is 5.26 Å². The van der Waals surface area contributed by atoms with Gasteiger partial charge in [-0.05, 0) is 221 Å². The van der Waals surface area contributed by atoms with Gasteiger partial charge in [0.15, 0.2) is 41.1 Å². The van der Waals surface area contributed by atoms with Crippen LogP contribution in [0, 0.1) is 70.5 Å². The number of thiazole rings is 1. The topological polar surface area (TPSA) is 213 Å². The van der Waals surface area contributed by atoms with Crippen LogP contribution in [-0.2, 0) is 32.1 Å². The van der Waals surface area contributed by atoms with Gasteiger partial charge >= 0.3 is 0 Å². The number of ketones is 5. The van der Waals surface area contributed by atoms with Gasteiger partial charge in [0.25, 0.3) is 0 Å². The van der Waals surface area contributed by atoms with Crippen LogP contribution in [0.4, 0.5) is 0 Å². The third-order valence-electron chi connectivity index (χ3n) is 15.6. The zero-order valence-corrected chi connectivity index (χ0v) is 55.5. The minimum atomic E-state index is 0.171. The SMILES string of the molecule is N#Cc1cccc(C#Cc2ccc3c(n2)CCCC3=O)c1.O=C1CCCc2nc(C#Cc3cccc(Br)c3)ccc21.O=C1CCCc2nc(C#Cc3cccc(Cl)c3)ccc21.O=C1CCCc2nc(C#Cc3cnco3)ccc21.O=C1CCCc2nc(C#Cc3cncs3)ccc21. The van der Waals surface area contributed by atoms with E-state index in [1.54, 1.807) is 48.2 Å². The molecule has 15 rings (SSSR count). The highest BCUT2D eigenvalue weighted by atomic mass is 79.9. The Labute approximate surface area is 579 Å². The Hall–Kier alpha value is -11.3. The fourth-order valence-electron chi connectivity index (χ4n) is 10.8. The molecule has 0 bridgehead atoms. The summed E-state index contributed by atoms with van der Waals surface area (Å²) < 4.78 is 6.03. The summed E-state index contributed by atoms with van der Waals surface area (Å²) in [6.45, 7) is 0. The number of aromatic nitrogens is 7. The highest BCUT2D eigenvalue weighted by molar-refractivity contribution is 9.10. The molecule has 0 unspecified atom stereocenters. The number of nitrogens with zero attached hydrogens (tertiary/aromatic N) is 8. The number of fused-ring (bicyclic) bond motifs is 5. The van der Waals surface area contributed by atoms with E-state index in [1.807, 2.05) is 103 Å². The van der Waals surface area contributed by atoms with Crippen molar-refractivity contribution in [3.63, 3.8) is 0 Å². The van der Waals surface area contributed by atoms with Crippen molar-refractivity contribution in [1.82, 2.24) is 34.9 Å². The monoisotopic (exact) mass is 1370 g/mol. The van der Waals surface area contributed by atoms with Crippen LogP contribution in [0.25, 0.3) is 0 Å². The van der Waals surface area contributed by atoms with Gasteiger partial charge in [-0.25, -0.2) is 29.9 Å². The normalized spacial score (nSPS) is 13.4. The molecule has 3 aromatic carbocycles. The van der Waals surface area contributed by atoms with E-state index in [1.165, 1.54) is 17.7 Å². The van der Waals surface area contributed by atoms with Gasteiger partial charge in [0.1, 0.15) is 28.5 Å². The molecule has 14 nitrogen and oxygen atoms in total. The van der Waals surface area contributed by atoms with Crippen molar-refractivity contribution in [2.45, 2.75) is 96.3 Å². The third-order valence-corrected chi connectivity index (χ3v) is 17.0. The molecule has 0 fully saturated rings. The van der Waals surface area contributed by atoms with Gasteiger partial charge in [-0.3, -0.25) is 29.0 Å². The molecule has 0 aliphatic heterocycles. The second-order valence-corrected chi connectivity index (χ2v) is 24.8. The molecule has 0 amide bonds. The third kappa shape index (κ3) is 19.0. The summed E-state index contributed by atoms with van der Waals surface area (Å²) in [4.78, 5) is 89.5. The molecule has 0 saturated carbocycles. The molecule has 0 radical (unpaired) electrons. The van der Waals surface area contributed by atoms with E-state index in [4.69, 9.17) is 21.3 Å². The molecular weight excluding hydrogens is 1320 g/mol. The summed E-state index contributed by atoms with van der Waals surface area (Å²) in [5.74, 6) is 31.4. The van der Waals surface area contributed by atoms with E-state index >= 15 is 0 Å². The summed E-state index contributed by atoms with van der Waals surface area (Å²) in [5.41, 5.74) is 16.5. The lowest BCUT2D eigenvalue weighted by molar-refractivity contribution is 0.0963. The Morgan fingerprint density at radius 3 is 1.13 bits per heavy atom. The molecule has 7 heterocycles. The van der Waals surface area contributed by atoms with Crippen LogP contribution in [0.15, 0.2) is 167 Å². The number of benzene rings is 3. The summed E-state index contributed by atoms with van der Waals surface area (Å²) >= 11 is 10.8. The Morgan fingerprint density at radius 1 is 0.392 bits per heavy atom. The second kappa shape index (κ2) is 33.2. The zero-order chi connectivity index (χ0) is 67.3. The average molecular weight is 1370 g/mol. The number of carbonyl (C=O) groups excluding carboxylic acids is 5. The highest BCUT2D eigenvalue weighted by Crippen LogP contribution is 2.25. The molecule has 5 aliphatic rings. The van der Waals surface area contributed by atoms with Gasteiger partial charge in [-0.15, -0.1) is 11.3 Å². The van der Waals surface area contributed by atoms with E-state index in [0.29, 0.717) is 65.5 Å². The van der Waals surface area contributed by atoms with Gasteiger partial charge < -0.3 is 4.42 Å². The molecule has 10 aromatic rings. The Morgan fingerprint density at radius 2 is 0.763 bits per heavy atom. The first-order chi connectivity index (χ1) is 47.4. The molecule has 0 saturated heterocycles. The molecule has 97 heavy (non-hydrogen) atoms. The maximum atomic E-state index is 11.7. The summed E-state index contributed by atoms with van der Waals surface area (Å²) in [6.07, 6.45) is 16.4. The van der Waals surface area contributed by atoms with Crippen LogP contribution in [0.1, 0.15) is 206 Å². The van der Waals surface area contributed by atoms with Crippen molar-refractivity contribution in [3.8, 4) is 65.3 Å². The van der Waals surface area contributed by atoms with E-state index in [9.17, 15) is 24.0 Å². The summed E-state index contributed by atoms with van der Waals surface area (Å²) in [7, 11) is 0. The number of halogens is 2. The predicted molar refractivity (Wildman–Crippen MR) is 373 cm³/mol. The maximum Gasteiger partial charge on any atom is 0.197 e. The first-order valence-corrected chi connectivity index (χ1v) is 33.5. The first kappa shape index (κ1) is 67.1. The van der Waals surface area contributed by atoms with Gasteiger partial charge in [0.05, 0.1) is 62.9 Å². The minimum Gasteiger partial charge on any atom is -0.435 e. The van der Waals surface area contributed by atoms with Gasteiger partial charge in [0.2, 0.25) is 0 Å².